The van der Waals surface area contributed by atoms with Crippen molar-refractivity contribution < 1.29 is 4.52 Å². The van der Waals surface area contributed by atoms with Crippen molar-refractivity contribution in [2.75, 3.05) is 5.73 Å². The molecule has 102 valence electrons. The number of rotatable bonds is 2. The van der Waals surface area contributed by atoms with E-state index in [1.165, 1.54) is 0 Å². The number of nitrogen functional groups attached to an aromatic ring is 1. The molecule has 1 aromatic carbocycles. The van der Waals surface area contributed by atoms with E-state index in [9.17, 15) is 0 Å². The zero-order valence-electron chi connectivity index (χ0n) is 9.86. The van der Waals surface area contributed by atoms with Gasteiger partial charge in [-0.15, -0.1) is 11.3 Å². The van der Waals surface area contributed by atoms with Crippen molar-refractivity contribution in [2.45, 2.75) is 0 Å². The van der Waals surface area contributed by atoms with Gasteiger partial charge in [-0.1, -0.05) is 33.2 Å². The molecular formula is C13H7Br3N2OS. The zero-order chi connectivity index (χ0) is 14.3. The number of nitrogens with two attached hydrogens (primary N) is 1. The van der Waals surface area contributed by atoms with Crippen molar-refractivity contribution >= 4 is 64.9 Å². The van der Waals surface area contributed by atoms with Gasteiger partial charge in [0.15, 0.2) is 11.6 Å². The zero-order valence-corrected chi connectivity index (χ0v) is 15.4. The normalized spacial score (nSPS) is 10.9. The Morgan fingerprint density at radius 3 is 2.60 bits per heavy atom. The average molecular weight is 479 g/mol. The molecule has 2 N–H and O–H groups in total. The Kier molecular flexibility index (Phi) is 4.03. The standard InChI is InChI=1S/C13H7Br3N2OS/c14-7-3-1-2-6(4-7)10-11(19-18-13(10)17)8-5-9(15)20-12(8)16/h1-5H,(H2,17,18). The quantitative estimate of drug-likeness (QED) is 0.496. The number of nitrogens with zero attached hydrogens (tertiary/aromatic N) is 1. The molecule has 0 aliphatic heterocycles. The highest BCUT2D eigenvalue weighted by Crippen LogP contribution is 2.44. The molecule has 0 fully saturated rings. The Morgan fingerprint density at radius 2 is 1.95 bits per heavy atom. The van der Waals surface area contributed by atoms with Gasteiger partial charge in [-0.3, -0.25) is 0 Å². The molecule has 0 aliphatic carbocycles. The Morgan fingerprint density at radius 1 is 1.15 bits per heavy atom. The number of aromatic nitrogens is 1. The van der Waals surface area contributed by atoms with Crippen LogP contribution in [0.15, 0.2) is 46.9 Å². The van der Waals surface area contributed by atoms with Crippen molar-refractivity contribution in [3.05, 3.63) is 42.4 Å². The van der Waals surface area contributed by atoms with E-state index < -0.39 is 0 Å². The van der Waals surface area contributed by atoms with Crippen LogP contribution in [0.5, 0.6) is 0 Å². The van der Waals surface area contributed by atoms with Gasteiger partial charge >= 0.3 is 0 Å². The van der Waals surface area contributed by atoms with Crippen LogP contribution < -0.4 is 5.73 Å². The van der Waals surface area contributed by atoms with E-state index in [0.29, 0.717) is 11.6 Å². The van der Waals surface area contributed by atoms with E-state index in [2.05, 4.69) is 52.9 Å². The minimum absolute atomic E-state index is 0.382. The molecule has 3 aromatic rings. The second kappa shape index (κ2) is 5.63. The fourth-order valence-corrected chi connectivity index (χ4v) is 5.10. The van der Waals surface area contributed by atoms with Crippen molar-refractivity contribution in [3.8, 4) is 22.5 Å². The van der Waals surface area contributed by atoms with Crippen LogP contribution in [0.4, 0.5) is 5.82 Å². The summed E-state index contributed by atoms with van der Waals surface area (Å²) in [4.78, 5) is 0. The molecule has 20 heavy (non-hydrogen) atoms. The molecule has 3 rings (SSSR count). The third kappa shape index (κ3) is 2.59. The van der Waals surface area contributed by atoms with Gasteiger partial charge in [-0.2, -0.15) is 0 Å². The van der Waals surface area contributed by atoms with Crippen LogP contribution in [0.2, 0.25) is 0 Å². The van der Waals surface area contributed by atoms with Crippen LogP contribution in [0, 0.1) is 0 Å². The molecular weight excluding hydrogens is 472 g/mol. The first-order chi connectivity index (χ1) is 9.56. The lowest BCUT2D eigenvalue weighted by atomic mass is 10.0. The van der Waals surface area contributed by atoms with E-state index in [4.69, 9.17) is 10.3 Å². The van der Waals surface area contributed by atoms with Crippen molar-refractivity contribution in [3.63, 3.8) is 0 Å². The lowest BCUT2D eigenvalue weighted by molar-refractivity contribution is 0.436. The minimum Gasteiger partial charge on any atom is -0.380 e. The molecule has 0 aliphatic rings. The average Bonchev–Trinajstić information content (AvgIpc) is 2.92. The van der Waals surface area contributed by atoms with Gasteiger partial charge in [0.1, 0.15) is 0 Å². The maximum absolute atomic E-state index is 5.97. The van der Waals surface area contributed by atoms with E-state index in [1.54, 1.807) is 11.3 Å². The first-order valence-corrected chi connectivity index (χ1v) is 8.72. The Hall–Kier alpha value is -0.630. The van der Waals surface area contributed by atoms with Gasteiger partial charge < -0.3 is 10.3 Å². The molecule has 3 nitrogen and oxygen atoms in total. The molecule has 0 atom stereocenters. The molecule has 0 amide bonds. The number of hydrogen-bond donors (Lipinski definition) is 1. The number of halogens is 3. The third-order valence-electron chi connectivity index (χ3n) is 2.73. The van der Waals surface area contributed by atoms with Gasteiger partial charge in [0.05, 0.1) is 13.1 Å². The molecule has 0 unspecified atom stereocenters. The Labute approximate surface area is 144 Å². The van der Waals surface area contributed by atoms with Crippen LogP contribution in [-0.2, 0) is 0 Å². The van der Waals surface area contributed by atoms with Gasteiger partial charge in [-0.25, -0.2) is 0 Å². The third-order valence-corrected chi connectivity index (χ3v) is 5.57. The van der Waals surface area contributed by atoms with Gasteiger partial charge in [0, 0.05) is 10.0 Å². The highest BCUT2D eigenvalue weighted by Gasteiger charge is 2.21. The molecule has 0 saturated carbocycles. The number of benzene rings is 1. The summed E-state index contributed by atoms with van der Waals surface area (Å²) < 4.78 is 8.39. The minimum atomic E-state index is 0.382. The maximum Gasteiger partial charge on any atom is 0.178 e. The van der Waals surface area contributed by atoms with E-state index in [0.717, 1.165) is 28.7 Å². The number of hydrogen-bond acceptors (Lipinski definition) is 4. The summed E-state index contributed by atoms with van der Waals surface area (Å²) >= 11 is 12.0. The van der Waals surface area contributed by atoms with E-state index in [-0.39, 0.29) is 0 Å². The molecule has 0 bridgehead atoms. The van der Waals surface area contributed by atoms with E-state index in [1.807, 2.05) is 30.3 Å². The summed E-state index contributed by atoms with van der Waals surface area (Å²) in [5.74, 6) is 1.04. The highest BCUT2D eigenvalue weighted by atomic mass is 79.9. The smallest absolute Gasteiger partial charge is 0.178 e. The largest absolute Gasteiger partial charge is 0.380 e. The molecule has 2 heterocycles. The Balaban J connectivity index is 2.22. The SMILES string of the molecule is Nc1noc(-c2cc(Br)sc2Br)c1-c1cccc(Br)c1. The van der Waals surface area contributed by atoms with Gasteiger partial charge in [0.25, 0.3) is 0 Å². The topological polar surface area (TPSA) is 52.0 Å². The lowest BCUT2D eigenvalue weighted by Crippen LogP contribution is -1.88. The fraction of sp³-hybridized carbons (Fsp3) is 0. The second-order valence-corrected chi connectivity index (χ2v) is 8.69. The Bertz CT molecular complexity index is 782. The van der Waals surface area contributed by atoms with Crippen LogP contribution in [0.1, 0.15) is 0 Å². The van der Waals surface area contributed by atoms with Gasteiger partial charge in [0.2, 0.25) is 0 Å². The highest BCUT2D eigenvalue weighted by molar-refractivity contribution is 9.12. The summed E-state index contributed by atoms with van der Waals surface area (Å²) in [6, 6.07) is 9.86. The second-order valence-electron chi connectivity index (χ2n) is 4.02. The predicted molar refractivity (Wildman–Crippen MR) is 92.8 cm³/mol. The summed E-state index contributed by atoms with van der Waals surface area (Å²) in [7, 11) is 0. The van der Waals surface area contributed by atoms with Crippen LogP contribution in [0.25, 0.3) is 22.5 Å². The molecule has 0 saturated heterocycles. The van der Waals surface area contributed by atoms with Crippen LogP contribution in [0.3, 0.4) is 0 Å². The predicted octanol–water partition coefficient (Wildman–Crippen LogP) is 5.94. The van der Waals surface area contributed by atoms with Gasteiger partial charge in [-0.05, 0) is 55.6 Å². The summed E-state index contributed by atoms with van der Waals surface area (Å²) in [5, 5.41) is 3.91. The first-order valence-electron chi connectivity index (χ1n) is 5.52. The molecule has 0 spiro atoms. The maximum atomic E-state index is 5.97. The van der Waals surface area contributed by atoms with Crippen LogP contribution >= 0.6 is 59.1 Å². The molecule has 7 heteroatoms. The van der Waals surface area contributed by atoms with Crippen molar-refractivity contribution in [1.29, 1.82) is 0 Å². The van der Waals surface area contributed by atoms with Crippen LogP contribution in [-0.4, -0.2) is 5.16 Å². The fourth-order valence-electron chi connectivity index (χ4n) is 1.90. The summed E-state index contributed by atoms with van der Waals surface area (Å²) in [5.41, 5.74) is 8.67. The number of anilines is 1. The molecule has 0 radical (unpaired) electrons. The van der Waals surface area contributed by atoms with Crippen molar-refractivity contribution in [2.24, 2.45) is 0 Å². The summed E-state index contributed by atoms with van der Waals surface area (Å²) in [6.45, 7) is 0. The first kappa shape index (κ1) is 14.3. The van der Waals surface area contributed by atoms with E-state index >= 15 is 0 Å². The summed E-state index contributed by atoms with van der Waals surface area (Å²) in [6.07, 6.45) is 0. The molecule has 2 aromatic heterocycles. The number of thiophene rings is 1. The monoisotopic (exact) mass is 476 g/mol. The van der Waals surface area contributed by atoms with Crippen molar-refractivity contribution in [1.82, 2.24) is 5.16 Å². The lowest BCUT2D eigenvalue weighted by Gasteiger charge is -2.02.